The number of rotatable bonds is 7. The molecule has 1 aromatic carbocycles. The molecule has 0 saturated heterocycles. The van der Waals surface area contributed by atoms with Crippen LogP contribution in [0.2, 0.25) is 0 Å². The Morgan fingerprint density at radius 2 is 1.90 bits per heavy atom. The minimum Gasteiger partial charge on any atom is -0.468 e. The normalized spacial score (nSPS) is 10.2. The number of hydrogen-bond acceptors (Lipinski definition) is 5. The third kappa shape index (κ3) is 5.23. The first-order chi connectivity index (χ1) is 9.97. The first kappa shape index (κ1) is 16.6. The van der Waals surface area contributed by atoms with Gasteiger partial charge in [0.25, 0.3) is 5.91 Å². The largest absolute Gasteiger partial charge is 0.468 e. The van der Waals surface area contributed by atoms with Crippen LogP contribution in [-0.2, 0) is 14.3 Å². The predicted molar refractivity (Wildman–Crippen MR) is 77.7 cm³/mol. The maximum atomic E-state index is 12.0. The number of methoxy groups -OCH3 is 1. The molecule has 0 radical (unpaired) electrons. The highest BCUT2D eigenvalue weighted by atomic mass is 16.5. The number of anilines is 1. The second-order valence-corrected chi connectivity index (χ2v) is 4.34. The fraction of sp³-hybridized carbons (Fsp3) is 0.357. The summed E-state index contributed by atoms with van der Waals surface area (Å²) in [6.45, 7) is 2.38. The number of amides is 2. The zero-order valence-electron chi connectivity index (χ0n) is 12.1. The summed E-state index contributed by atoms with van der Waals surface area (Å²) in [7, 11) is 1.29. The van der Waals surface area contributed by atoms with Gasteiger partial charge in [0.15, 0.2) is 0 Å². The van der Waals surface area contributed by atoms with Gasteiger partial charge in [-0.1, -0.05) is 19.1 Å². The summed E-state index contributed by atoms with van der Waals surface area (Å²) in [5.74, 6) is -1.37. The van der Waals surface area contributed by atoms with Crippen molar-refractivity contribution in [3.8, 4) is 0 Å². The van der Waals surface area contributed by atoms with Gasteiger partial charge in [0.05, 0.1) is 31.5 Å². The van der Waals surface area contributed by atoms with Crippen LogP contribution in [0.4, 0.5) is 5.69 Å². The van der Waals surface area contributed by atoms with Gasteiger partial charge in [-0.05, 0) is 18.7 Å². The molecule has 0 heterocycles. The Bertz CT molecular complexity index is 531. The van der Waals surface area contributed by atoms with Crippen molar-refractivity contribution in [1.29, 1.82) is 0 Å². The van der Waals surface area contributed by atoms with Crippen LogP contribution in [-0.4, -0.2) is 49.4 Å². The van der Waals surface area contributed by atoms with E-state index in [2.05, 4.69) is 10.1 Å². The lowest BCUT2D eigenvalue weighted by molar-refractivity contribution is -0.142. The SMILES string of the molecule is CCN(CC(=O)Nc1ccccc1C(N)=O)CC(=O)OC. The topological polar surface area (TPSA) is 102 Å². The lowest BCUT2D eigenvalue weighted by atomic mass is 10.1. The monoisotopic (exact) mass is 293 g/mol. The Balaban J connectivity index is 2.69. The van der Waals surface area contributed by atoms with E-state index < -0.39 is 11.9 Å². The number of benzene rings is 1. The lowest BCUT2D eigenvalue weighted by Crippen LogP contribution is -2.37. The zero-order chi connectivity index (χ0) is 15.8. The molecule has 0 bridgehead atoms. The Morgan fingerprint density at radius 3 is 2.48 bits per heavy atom. The molecule has 3 N–H and O–H groups in total. The first-order valence-corrected chi connectivity index (χ1v) is 6.45. The van der Waals surface area contributed by atoms with E-state index in [0.717, 1.165) is 0 Å². The Morgan fingerprint density at radius 1 is 1.24 bits per heavy atom. The summed E-state index contributed by atoms with van der Waals surface area (Å²) in [6.07, 6.45) is 0. The number of primary amides is 1. The molecule has 2 amide bonds. The molecule has 7 heteroatoms. The predicted octanol–water partition coefficient (Wildman–Crippen LogP) is 0.219. The fourth-order valence-electron chi connectivity index (χ4n) is 1.73. The van der Waals surface area contributed by atoms with Crippen molar-refractivity contribution in [2.24, 2.45) is 5.73 Å². The van der Waals surface area contributed by atoms with Gasteiger partial charge in [0.2, 0.25) is 5.91 Å². The zero-order valence-corrected chi connectivity index (χ0v) is 12.1. The van der Waals surface area contributed by atoms with Crippen LogP contribution in [0, 0.1) is 0 Å². The van der Waals surface area contributed by atoms with Crippen LogP contribution in [0.1, 0.15) is 17.3 Å². The number of hydrogen-bond donors (Lipinski definition) is 2. The van der Waals surface area contributed by atoms with Crippen LogP contribution in [0.3, 0.4) is 0 Å². The van der Waals surface area contributed by atoms with E-state index in [4.69, 9.17) is 5.73 Å². The lowest BCUT2D eigenvalue weighted by Gasteiger charge is -2.18. The molecule has 0 aliphatic rings. The van der Waals surface area contributed by atoms with E-state index in [0.29, 0.717) is 12.2 Å². The van der Waals surface area contributed by atoms with Crippen LogP contribution < -0.4 is 11.1 Å². The number of carbonyl (C=O) groups is 3. The molecule has 1 aromatic rings. The third-order valence-electron chi connectivity index (χ3n) is 2.86. The van der Waals surface area contributed by atoms with E-state index in [-0.39, 0.29) is 24.6 Å². The second-order valence-electron chi connectivity index (χ2n) is 4.34. The van der Waals surface area contributed by atoms with Gasteiger partial charge < -0.3 is 15.8 Å². The van der Waals surface area contributed by atoms with Gasteiger partial charge in [0.1, 0.15) is 0 Å². The maximum Gasteiger partial charge on any atom is 0.319 e. The molecule has 0 aliphatic heterocycles. The Labute approximate surface area is 123 Å². The molecule has 0 unspecified atom stereocenters. The van der Waals surface area contributed by atoms with Crippen LogP contribution >= 0.6 is 0 Å². The average Bonchev–Trinajstić information content (AvgIpc) is 2.46. The van der Waals surface area contributed by atoms with Crippen molar-refractivity contribution in [2.45, 2.75) is 6.92 Å². The molecule has 0 atom stereocenters. The number of carbonyl (C=O) groups excluding carboxylic acids is 3. The van der Waals surface area contributed by atoms with Crippen molar-refractivity contribution in [3.63, 3.8) is 0 Å². The Hall–Kier alpha value is -2.41. The highest BCUT2D eigenvalue weighted by Gasteiger charge is 2.15. The van der Waals surface area contributed by atoms with E-state index in [1.54, 1.807) is 23.1 Å². The van der Waals surface area contributed by atoms with Gasteiger partial charge in [-0.25, -0.2) is 0 Å². The molecule has 0 aliphatic carbocycles. The molecule has 1 rings (SSSR count). The van der Waals surface area contributed by atoms with E-state index >= 15 is 0 Å². The molecule has 114 valence electrons. The van der Waals surface area contributed by atoms with Crippen LogP contribution in [0.5, 0.6) is 0 Å². The van der Waals surface area contributed by atoms with Gasteiger partial charge >= 0.3 is 5.97 Å². The minimum absolute atomic E-state index is 0.0126. The van der Waals surface area contributed by atoms with Gasteiger partial charge in [-0.15, -0.1) is 0 Å². The number of ether oxygens (including phenoxy) is 1. The van der Waals surface area contributed by atoms with Crippen molar-refractivity contribution >= 4 is 23.5 Å². The maximum absolute atomic E-state index is 12.0. The van der Waals surface area contributed by atoms with Gasteiger partial charge in [0, 0.05) is 0 Å². The van der Waals surface area contributed by atoms with Gasteiger partial charge in [-0.2, -0.15) is 0 Å². The summed E-state index contributed by atoms with van der Waals surface area (Å²) in [5.41, 5.74) is 5.83. The number of nitrogens with zero attached hydrogens (tertiary/aromatic N) is 1. The highest BCUT2D eigenvalue weighted by Crippen LogP contribution is 2.14. The molecule has 21 heavy (non-hydrogen) atoms. The summed E-state index contributed by atoms with van der Waals surface area (Å²) in [6, 6.07) is 6.47. The van der Waals surface area contributed by atoms with E-state index in [1.807, 2.05) is 6.92 Å². The molecule has 0 aromatic heterocycles. The van der Waals surface area contributed by atoms with E-state index in [9.17, 15) is 14.4 Å². The number of esters is 1. The highest BCUT2D eigenvalue weighted by molar-refractivity contribution is 6.03. The number of nitrogens with two attached hydrogens (primary N) is 1. The van der Waals surface area contributed by atoms with Crippen molar-refractivity contribution < 1.29 is 19.1 Å². The van der Waals surface area contributed by atoms with Crippen molar-refractivity contribution in [2.75, 3.05) is 32.1 Å². The van der Waals surface area contributed by atoms with E-state index in [1.165, 1.54) is 13.2 Å². The second kappa shape index (κ2) is 8.01. The average molecular weight is 293 g/mol. The molecule has 0 spiro atoms. The Kier molecular flexibility index (Phi) is 6.35. The van der Waals surface area contributed by atoms with Crippen LogP contribution in [0.15, 0.2) is 24.3 Å². The quantitative estimate of drug-likeness (QED) is 0.700. The minimum atomic E-state index is -0.618. The first-order valence-electron chi connectivity index (χ1n) is 6.45. The van der Waals surface area contributed by atoms with Gasteiger partial charge in [-0.3, -0.25) is 19.3 Å². The smallest absolute Gasteiger partial charge is 0.319 e. The summed E-state index contributed by atoms with van der Waals surface area (Å²) in [5, 5.41) is 2.61. The molecule has 0 fully saturated rings. The fourth-order valence-corrected chi connectivity index (χ4v) is 1.73. The van der Waals surface area contributed by atoms with Crippen molar-refractivity contribution in [3.05, 3.63) is 29.8 Å². The summed E-state index contributed by atoms with van der Waals surface area (Å²) in [4.78, 5) is 36.1. The van der Waals surface area contributed by atoms with Crippen LogP contribution in [0.25, 0.3) is 0 Å². The molecule has 0 saturated carbocycles. The third-order valence-corrected chi connectivity index (χ3v) is 2.86. The number of nitrogens with one attached hydrogen (secondary N) is 1. The summed E-state index contributed by atoms with van der Waals surface area (Å²) >= 11 is 0. The molecular formula is C14H19N3O4. The van der Waals surface area contributed by atoms with Crippen molar-refractivity contribution in [1.82, 2.24) is 4.90 Å². The number of para-hydroxylation sites is 1. The molecule has 7 nitrogen and oxygen atoms in total. The molecular weight excluding hydrogens is 274 g/mol. The summed E-state index contributed by atoms with van der Waals surface area (Å²) < 4.78 is 4.56. The standard InChI is InChI=1S/C14H19N3O4/c1-3-17(9-13(19)21-2)8-12(18)16-11-7-5-4-6-10(11)14(15)20/h4-7H,3,8-9H2,1-2H3,(H2,15,20)(H,16,18). The number of likely N-dealkylation sites (N-methyl/N-ethyl adjacent to an activating group) is 1.